The van der Waals surface area contributed by atoms with Gasteiger partial charge in [-0.15, -0.1) is 0 Å². The molecule has 0 radical (unpaired) electrons. The van der Waals surface area contributed by atoms with Crippen molar-refractivity contribution in [3.05, 3.63) is 23.8 Å². The zero-order chi connectivity index (χ0) is 16.5. The van der Waals surface area contributed by atoms with Gasteiger partial charge in [0.1, 0.15) is 0 Å². The highest BCUT2D eigenvalue weighted by molar-refractivity contribution is 7.99. The minimum atomic E-state index is -0.160. The molecule has 1 saturated heterocycles. The van der Waals surface area contributed by atoms with Gasteiger partial charge in [0, 0.05) is 55.7 Å². The lowest BCUT2D eigenvalue weighted by Crippen LogP contribution is -2.32. The van der Waals surface area contributed by atoms with E-state index in [-0.39, 0.29) is 6.03 Å². The van der Waals surface area contributed by atoms with Crippen molar-refractivity contribution in [3.8, 4) is 0 Å². The average molecular weight is 337 g/mol. The maximum atomic E-state index is 11.9. The van der Waals surface area contributed by atoms with E-state index in [0.717, 1.165) is 30.8 Å². The fourth-order valence-corrected chi connectivity index (χ4v) is 3.40. The number of rotatable bonds is 7. The molecule has 0 aliphatic carbocycles. The normalized spacial score (nSPS) is 14.6. The number of nitrogens with one attached hydrogen (secondary N) is 2. The zero-order valence-electron chi connectivity index (χ0n) is 14.1. The number of nitrogens with zero attached hydrogens (tertiary/aromatic N) is 1. The predicted octanol–water partition coefficient (Wildman–Crippen LogP) is 3.10. The van der Waals surface area contributed by atoms with Gasteiger partial charge in [0.15, 0.2) is 0 Å². The molecule has 0 aromatic heterocycles. The van der Waals surface area contributed by atoms with Crippen LogP contribution in [0.15, 0.2) is 18.2 Å². The van der Waals surface area contributed by atoms with Gasteiger partial charge in [0.05, 0.1) is 0 Å². The van der Waals surface area contributed by atoms with Crippen molar-refractivity contribution in [2.24, 2.45) is 0 Å². The Morgan fingerprint density at radius 2 is 2.13 bits per heavy atom. The first-order valence-corrected chi connectivity index (χ1v) is 9.42. The van der Waals surface area contributed by atoms with Crippen LogP contribution in [0.5, 0.6) is 0 Å². The van der Waals surface area contributed by atoms with Crippen molar-refractivity contribution < 1.29 is 9.53 Å². The van der Waals surface area contributed by atoms with Crippen molar-refractivity contribution in [1.82, 2.24) is 5.32 Å². The number of ether oxygens (including phenoxy) is 1. The van der Waals surface area contributed by atoms with E-state index in [0.29, 0.717) is 19.8 Å². The number of amides is 2. The van der Waals surface area contributed by atoms with E-state index in [1.54, 1.807) is 0 Å². The summed E-state index contributed by atoms with van der Waals surface area (Å²) in [6.45, 7) is 8.21. The molecule has 0 saturated carbocycles. The largest absolute Gasteiger partial charge is 0.382 e. The lowest BCUT2D eigenvalue weighted by atomic mass is 10.1. The van der Waals surface area contributed by atoms with E-state index in [9.17, 15) is 4.79 Å². The monoisotopic (exact) mass is 337 g/mol. The fourth-order valence-electron chi connectivity index (χ4n) is 2.49. The van der Waals surface area contributed by atoms with E-state index in [4.69, 9.17) is 4.74 Å². The molecule has 1 aliphatic rings. The van der Waals surface area contributed by atoms with Gasteiger partial charge in [0.2, 0.25) is 0 Å². The van der Waals surface area contributed by atoms with Crippen molar-refractivity contribution in [3.63, 3.8) is 0 Å². The molecule has 6 heteroatoms. The van der Waals surface area contributed by atoms with Gasteiger partial charge in [-0.1, -0.05) is 0 Å². The topological polar surface area (TPSA) is 53.6 Å². The summed E-state index contributed by atoms with van der Waals surface area (Å²) < 4.78 is 5.25. The zero-order valence-corrected chi connectivity index (χ0v) is 14.9. The number of aryl methyl sites for hydroxylation is 1. The molecule has 0 unspecified atom stereocenters. The molecule has 2 N–H and O–H groups in total. The molecular weight excluding hydrogens is 310 g/mol. The molecule has 1 heterocycles. The van der Waals surface area contributed by atoms with Crippen molar-refractivity contribution >= 4 is 29.2 Å². The van der Waals surface area contributed by atoms with Crippen LogP contribution >= 0.6 is 11.8 Å². The Hall–Kier alpha value is -1.40. The minimum absolute atomic E-state index is 0.160. The Morgan fingerprint density at radius 1 is 1.35 bits per heavy atom. The second kappa shape index (κ2) is 9.67. The predicted molar refractivity (Wildman–Crippen MR) is 98.8 cm³/mol. The summed E-state index contributed by atoms with van der Waals surface area (Å²) in [7, 11) is 0. The van der Waals surface area contributed by atoms with Crippen molar-refractivity contribution in [2.45, 2.75) is 20.3 Å². The number of anilines is 2. The van der Waals surface area contributed by atoms with Gasteiger partial charge in [-0.05, 0) is 44.0 Å². The number of urea groups is 1. The highest BCUT2D eigenvalue weighted by atomic mass is 32.2. The summed E-state index contributed by atoms with van der Waals surface area (Å²) >= 11 is 2.01. The van der Waals surface area contributed by atoms with Crippen LogP contribution in [0.1, 0.15) is 18.9 Å². The molecule has 128 valence electrons. The number of hydrogen-bond donors (Lipinski definition) is 2. The van der Waals surface area contributed by atoms with E-state index in [2.05, 4.69) is 27.7 Å². The molecule has 2 amide bonds. The molecule has 0 bridgehead atoms. The summed E-state index contributed by atoms with van der Waals surface area (Å²) in [6, 6.07) is 6.08. The van der Waals surface area contributed by atoms with Gasteiger partial charge >= 0.3 is 6.03 Å². The van der Waals surface area contributed by atoms with Gasteiger partial charge in [-0.3, -0.25) is 0 Å². The van der Waals surface area contributed by atoms with E-state index >= 15 is 0 Å². The molecule has 23 heavy (non-hydrogen) atoms. The molecule has 0 atom stereocenters. The summed E-state index contributed by atoms with van der Waals surface area (Å²) in [4.78, 5) is 14.3. The average Bonchev–Trinajstić information content (AvgIpc) is 2.57. The molecule has 1 aliphatic heterocycles. The van der Waals surface area contributed by atoms with Crippen LogP contribution in [0.3, 0.4) is 0 Å². The van der Waals surface area contributed by atoms with Crippen LogP contribution in [0.4, 0.5) is 16.2 Å². The Kier molecular flexibility index (Phi) is 7.55. The summed E-state index contributed by atoms with van der Waals surface area (Å²) in [6.07, 6.45) is 0.826. The van der Waals surface area contributed by atoms with Crippen LogP contribution in [0.2, 0.25) is 0 Å². The lowest BCUT2D eigenvalue weighted by Gasteiger charge is -2.29. The lowest BCUT2D eigenvalue weighted by molar-refractivity contribution is 0.145. The number of thioether (sulfide) groups is 1. The third-order valence-corrected chi connectivity index (χ3v) is 4.73. The van der Waals surface area contributed by atoms with Gasteiger partial charge in [-0.25, -0.2) is 4.79 Å². The molecule has 5 nitrogen and oxygen atoms in total. The standard InChI is InChI=1S/C17H27N3O2S/c1-3-22-10-4-7-18-17(21)19-16-6-5-15(13-14(16)2)20-8-11-23-12-9-20/h5-6,13H,3-4,7-12H2,1-2H3,(H2,18,19,21). The molecule has 0 spiro atoms. The first-order chi connectivity index (χ1) is 11.2. The second-order valence-electron chi connectivity index (χ2n) is 5.53. The van der Waals surface area contributed by atoms with Crippen LogP contribution < -0.4 is 15.5 Å². The number of hydrogen-bond acceptors (Lipinski definition) is 4. The van der Waals surface area contributed by atoms with Gasteiger partial charge in [-0.2, -0.15) is 11.8 Å². The fraction of sp³-hybridized carbons (Fsp3) is 0.588. The first-order valence-electron chi connectivity index (χ1n) is 8.26. The number of benzene rings is 1. The van der Waals surface area contributed by atoms with Gasteiger partial charge < -0.3 is 20.3 Å². The SMILES string of the molecule is CCOCCCNC(=O)Nc1ccc(N2CCSCC2)cc1C. The molecular formula is C17H27N3O2S. The van der Waals surface area contributed by atoms with Gasteiger partial charge in [0.25, 0.3) is 0 Å². The van der Waals surface area contributed by atoms with Crippen LogP contribution in [0, 0.1) is 6.92 Å². The van der Waals surface area contributed by atoms with E-state index in [1.165, 1.54) is 17.2 Å². The Labute approximate surface area is 143 Å². The quantitative estimate of drug-likeness (QED) is 0.751. The molecule has 1 aromatic carbocycles. The highest BCUT2D eigenvalue weighted by Crippen LogP contribution is 2.24. The Bertz CT molecular complexity index is 505. The molecule has 1 aromatic rings. The maximum Gasteiger partial charge on any atom is 0.319 e. The minimum Gasteiger partial charge on any atom is -0.382 e. The number of carbonyl (C=O) groups excluding carboxylic acids is 1. The van der Waals surface area contributed by atoms with Crippen LogP contribution in [0.25, 0.3) is 0 Å². The van der Waals surface area contributed by atoms with Crippen LogP contribution in [-0.2, 0) is 4.74 Å². The third-order valence-electron chi connectivity index (χ3n) is 3.79. The molecule has 1 fully saturated rings. The van der Waals surface area contributed by atoms with Crippen LogP contribution in [-0.4, -0.2) is 50.4 Å². The number of carbonyl (C=O) groups is 1. The first kappa shape index (κ1) is 17.9. The third kappa shape index (κ3) is 5.95. The summed E-state index contributed by atoms with van der Waals surface area (Å²) in [5.74, 6) is 2.37. The smallest absolute Gasteiger partial charge is 0.319 e. The Balaban J connectivity index is 1.81. The Morgan fingerprint density at radius 3 is 2.83 bits per heavy atom. The van der Waals surface area contributed by atoms with Crippen molar-refractivity contribution in [1.29, 1.82) is 0 Å². The summed E-state index contributed by atoms with van der Waals surface area (Å²) in [5.41, 5.74) is 3.19. The second-order valence-corrected chi connectivity index (χ2v) is 6.75. The maximum absolute atomic E-state index is 11.9. The highest BCUT2D eigenvalue weighted by Gasteiger charge is 2.12. The van der Waals surface area contributed by atoms with E-state index < -0.39 is 0 Å². The molecule has 2 rings (SSSR count). The summed E-state index contributed by atoms with van der Waals surface area (Å²) in [5, 5.41) is 5.77. The van der Waals surface area contributed by atoms with E-state index in [1.807, 2.05) is 31.7 Å². The van der Waals surface area contributed by atoms with Crippen molar-refractivity contribution in [2.75, 3.05) is 54.6 Å².